The quantitative estimate of drug-likeness (QED) is 0.356. The van der Waals surface area contributed by atoms with Crippen LogP contribution in [0.5, 0.6) is 5.75 Å². The summed E-state index contributed by atoms with van der Waals surface area (Å²) in [5.74, 6) is 0.0892. The number of carbonyl (C=O) groups is 3. The second kappa shape index (κ2) is 5.50. The molecule has 0 spiro atoms. The Bertz CT molecular complexity index is 1040. The lowest BCUT2D eigenvalue weighted by atomic mass is 9.63. The first-order chi connectivity index (χ1) is 13.6. The second-order valence-corrected chi connectivity index (χ2v) is 8.22. The third kappa shape index (κ3) is 2.08. The normalized spacial score (nSPS) is 34.5. The fourth-order valence-corrected chi connectivity index (χ4v) is 5.62. The van der Waals surface area contributed by atoms with Crippen molar-refractivity contribution in [2.75, 3.05) is 6.54 Å². The summed E-state index contributed by atoms with van der Waals surface area (Å²) < 4.78 is 5.48. The maximum absolute atomic E-state index is 13.0. The minimum absolute atomic E-state index is 0.153. The summed E-state index contributed by atoms with van der Waals surface area (Å²) in [6.07, 6.45) is 6.99. The number of likely N-dealkylation sites (tertiary alicyclic amines) is 1. The first-order valence-corrected chi connectivity index (χ1v) is 9.71. The van der Waals surface area contributed by atoms with Crippen LogP contribution in [0.15, 0.2) is 48.7 Å². The van der Waals surface area contributed by atoms with Crippen molar-refractivity contribution in [3.05, 3.63) is 48.7 Å². The fourth-order valence-electron chi connectivity index (χ4n) is 5.62. The van der Waals surface area contributed by atoms with E-state index in [4.69, 9.17) is 4.74 Å². The minimum Gasteiger partial charge on any atom is -0.423 e. The van der Waals surface area contributed by atoms with Crippen LogP contribution in [-0.2, 0) is 14.4 Å². The molecule has 2 saturated carbocycles. The minimum atomic E-state index is -0.621. The zero-order valence-electron chi connectivity index (χ0n) is 15.0. The van der Waals surface area contributed by atoms with Crippen molar-refractivity contribution in [3.8, 4) is 5.75 Å². The van der Waals surface area contributed by atoms with Crippen molar-refractivity contribution >= 4 is 28.7 Å². The number of esters is 1. The number of allylic oxidation sites excluding steroid dienone is 2. The molecule has 1 aromatic heterocycles. The monoisotopic (exact) mass is 374 g/mol. The molecule has 6 nitrogen and oxygen atoms in total. The number of hydrogen-bond acceptors (Lipinski definition) is 5. The summed E-state index contributed by atoms with van der Waals surface area (Å²) in [4.78, 5) is 43.8. The van der Waals surface area contributed by atoms with Crippen LogP contribution in [0.4, 0.5) is 0 Å². The van der Waals surface area contributed by atoms with E-state index in [9.17, 15) is 14.4 Å². The van der Waals surface area contributed by atoms with Crippen LogP contribution in [0.1, 0.15) is 6.42 Å². The topological polar surface area (TPSA) is 76.6 Å². The van der Waals surface area contributed by atoms with Crippen LogP contribution >= 0.6 is 0 Å². The molecule has 5 aliphatic rings. The standard InChI is InChI=1S/C22H18N2O4/c25-17(28-16-5-1-3-11-4-2-8-23-20(11)16)10-24-21(26)18-12-6-7-13(15-9-14(12)15)19(18)22(24)27/h1-8,12-15,18-19H,9-10H2/t12-,13+,14-,15-,18+,19-/m1/s1. The number of nitrogens with zero attached hydrogens (tertiary/aromatic N) is 2. The number of imide groups is 1. The van der Waals surface area contributed by atoms with Gasteiger partial charge in [0.2, 0.25) is 11.8 Å². The summed E-state index contributed by atoms with van der Waals surface area (Å²) >= 11 is 0. The highest BCUT2D eigenvalue weighted by molar-refractivity contribution is 6.08. The van der Waals surface area contributed by atoms with Gasteiger partial charge in [0.05, 0.1) is 11.8 Å². The predicted octanol–water partition coefficient (Wildman–Crippen LogP) is 2.19. The Morgan fingerprint density at radius 2 is 1.71 bits per heavy atom. The molecule has 2 aromatic rings. The van der Waals surface area contributed by atoms with Crippen molar-refractivity contribution in [3.63, 3.8) is 0 Å². The first kappa shape index (κ1) is 16.0. The largest absolute Gasteiger partial charge is 0.423 e. The number of carbonyl (C=O) groups excluding carboxylic acids is 3. The van der Waals surface area contributed by atoms with Crippen molar-refractivity contribution in [2.24, 2.45) is 35.5 Å². The van der Waals surface area contributed by atoms with Gasteiger partial charge in [-0.25, -0.2) is 4.79 Å². The summed E-state index contributed by atoms with van der Waals surface area (Å²) in [5, 5.41) is 0.856. The fraction of sp³-hybridized carbons (Fsp3) is 0.364. The Kier molecular flexibility index (Phi) is 3.14. The number of ether oxygens (including phenoxy) is 1. The Morgan fingerprint density at radius 1 is 1.04 bits per heavy atom. The molecule has 28 heavy (non-hydrogen) atoms. The molecule has 1 aromatic carbocycles. The summed E-state index contributed by atoms with van der Waals surface area (Å²) in [7, 11) is 0. The average Bonchev–Trinajstić information content (AvgIpc) is 3.49. The van der Waals surface area contributed by atoms with Crippen molar-refractivity contribution < 1.29 is 19.1 Å². The van der Waals surface area contributed by atoms with Gasteiger partial charge in [-0.3, -0.25) is 19.5 Å². The van der Waals surface area contributed by atoms with Crippen LogP contribution in [0.25, 0.3) is 10.9 Å². The summed E-state index contributed by atoms with van der Waals surface area (Å²) in [6.45, 7) is -0.345. The number of aromatic nitrogens is 1. The van der Waals surface area contributed by atoms with E-state index in [-0.39, 0.29) is 42.0 Å². The SMILES string of the molecule is O=C(CN1C(=O)[C@@H]2[C@H]3C=C[C@H]([C@H]4C[C@H]34)[C@@H]2C1=O)Oc1cccc2cccnc12. The van der Waals surface area contributed by atoms with E-state index in [1.165, 1.54) is 0 Å². The van der Waals surface area contributed by atoms with Gasteiger partial charge in [0, 0.05) is 11.6 Å². The van der Waals surface area contributed by atoms with E-state index in [0.29, 0.717) is 23.1 Å². The zero-order chi connectivity index (χ0) is 19.0. The molecular formula is C22H18N2O4. The van der Waals surface area contributed by atoms with Gasteiger partial charge in [-0.2, -0.15) is 0 Å². The highest BCUT2D eigenvalue weighted by atomic mass is 16.5. The number of hydrogen-bond donors (Lipinski definition) is 0. The molecule has 0 radical (unpaired) electrons. The molecular weight excluding hydrogens is 356 g/mol. The maximum Gasteiger partial charge on any atom is 0.331 e. The first-order valence-electron chi connectivity index (χ1n) is 9.71. The Hall–Kier alpha value is -3.02. The molecule has 2 amide bonds. The lowest BCUT2D eigenvalue weighted by molar-refractivity contribution is -0.148. The van der Waals surface area contributed by atoms with Crippen LogP contribution in [0.3, 0.4) is 0 Å². The van der Waals surface area contributed by atoms with E-state index in [1.54, 1.807) is 18.3 Å². The lowest BCUT2D eigenvalue weighted by Gasteiger charge is -2.37. The molecule has 4 aliphatic carbocycles. The lowest BCUT2D eigenvalue weighted by Crippen LogP contribution is -2.40. The van der Waals surface area contributed by atoms with Gasteiger partial charge >= 0.3 is 5.97 Å². The van der Waals surface area contributed by atoms with Gasteiger partial charge in [0.15, 0.2) is 5.75 Å². The molecule has 0 N–H and O–H groups in total. The van der Waals surface area contributed by atoms with Crippen LogP contribution in [-0.4, -0.2) is 34.2 Å². The van der Waals surface area contributed by atoms with E-state index in [2.05, 4.69) is 17.1 Å². The maximum atomic E-state index is 13.0. The molecule has 1 saturated heterocycles. The number of pyridine rings is 1. The number of benzene rings is 1. The summed E-state index contributed by atoms with van der Waals surface area (Å²) in [6, 6.07) is 9.02. The van der Waals surface area contributed by atoms with Crippen molar-refractivity contribution in [1.29, 1.82) is 0 Å². The van der Waals surface area contributed by atoms with E-state index in [1.807, 2.05) is 18.2 Å². The van der Waals surface area contributed by atoms with Crippen LogP contribution < -0.4 is 4.74 Å². The molecule has 1 aliphatic heterocycles. The van der Waals surface area contributed by atoms with Crippen LogP contribution in [0.2, 0.25) is 0 Å². The number of para-hydroxylation sites is 1. The number of amides is 2. The van der Waals surface area contributed by atoms with Crippen LogP contribution in [0, 0.1) is 35.5 Å². The molecule has 2 bridgehead atoms. The molecule has 0 unspecified atom stereocenters. The molecule has 6 heteroatoms. The van der Waals surface area contributed by atoms with Gasteiger partial charge in [-0.1, -0.05) is 30.4 Å². The molecule has 3 fully saturated rings. The Labute approximate surface area is 161 Å². The molecule has 7 rings (SSSR count). The van der Waals surface area contributed by atoms with E-state index >= 15 is 0 Å². The Balaban J connectivity index is 1.23. The van der Waals surface area contributed by atoms with Gasteiger partial charge in [0.25, 0.3) is 0 Å². The van der Waals surface area contributed by atoms with Gasteiger partial charge in [-0.15, -0.1) is 0 Å². The highest BCUT2D eigenvalue weighted by Gasteiger charge is 2.67. The smallest absolute Gasteiger partial charge is 0.331 e. The van der Waals surface area contributed by atoms with Crippen molar-refractivity contribution in [2.45, 2.75) is 6.42 Å². The third-order valence-electron chi connectivity index (χ3n) is 6.86. The Morgan fingerprint density at radius 3 is 2.43 bits per heavy atom. The average molecular weight is 374 g/mol. The number of fused-ring (bicyclic) bond motifs is 1. The summed E-state index contributed by atoms with van der Waals surface area (Å²) in [5.41, 5.74) is 0.577. The zero-order valence-corrected chi connectivity index (χ0v) is 15.0. The third-order valence-corrected chi connectivity index (χ3v) is 6.86. The molecule has 6 atom stereocenters. The van der Waals surface area contributed by atoms with Gasteiger partial charge in [-0.05, 0) is 42.2 Å². The molecule has 140 valence electrons. The van der Waals surface area contributed by atoms with Crippen molar-refractivity contribution in [1.82, 2.24) is 9.88 Å². The predicted molar refractivity (Wildman–Crippen MR) is 98.8 cm³/mol. The number of rotatable bonds is 3. The second-order valence-electron chi connectivity index (χ2n) is 8.22. The van der Waals surface area contributed by atoms with E-state index < -0.39 is 5.97 Å². The highest BCUT2D eigenvalue weighted by Crippen LogP contribution is 2.65. The van der Waals surface area contributed by atoms with E-state index in [0.717, 1.165) is 16.7 Å². The van der Waals surface area contributed by atoms with Gasteiger partial charge in [0.1, 0.15) is 12.1 Å². The molecule has 2 heterocycles. The van der Waals surface area contributed by atoms with Gasteiger partial charge < -0.3 is 4.74 Å².